The molecular weight excluding hydrogens is 230 g/mol. The number of rotatable bonds is 4. The minimum absolute atomic E-state index is 0.00666. The summed E-state index contributed by atoms with van der Waals surface area (Å²) in [6, 6.07) is 0. The second-order valence-electron chi connectivity index (χ2n) is 5.86. The molecule has 0 aromatic carbocycles. The lowest BCUT2D eigenvalue weighted by Crippen LogP contribution is -2.44. The highest BCUT2D eigenvalue weighted by molar-refractivity contribution is 6.05. The molecule has 0 aromatic heterocycles. The first-order chi connectivity index (χ1) is 8.50. The average molecular weight is 253 g/mol. The largest absolute Gasteiger partial charge is 0.314 e. The maximum atomic E-state index is 12.0. The van der Waals surface area contributed by atoms with Crippen molar-refractivity contribution in [2.75, 3.05) is 39.3 Å². The van der Waals surface area contributed by atoms with E-state index >= 15 is 0 Å². The molecule has 0 radical (unpaired) electrons. The predicted molar refractivity (Wildman–Crippen MR) is 69.0 cm³/mol. The van der Waals surface area contributed by atoms with Crippen LogP contribution in [0.25, 0.3) is 0 Å². The van der Waals surface area contributed by atoms with Gasteiger partial charge in [0.05, 0.1) is 5.41 Å². The van der Waals surface area contributed by atoms with Gasteiger partial charge < -0.3 is 10.2 Å². The number of carbonyl (C=O) groups excluding carboxylic acids is 2. The normalized spacial score (nSPS) is 24.9. The summed E-state index contributed by atoms with van der Waals surface area (Å²) in [5, 5.41) is 3.31. The number of nitrogens with one attached hydrogen (secondary N) is 1. The Hall–Kier alpha value is -0.940. The minimum Gasteiger partial charge on any atom is -0.314 e. The zero-order valence-electron chi connectivity index (χ0n) is 11.4. The Kier molecular flexibility index (Phi) is 4.02. The molecule has 2 amide bonds. The highest BCUT2D eigenvalue weighted by Crippen LogP contribution is 2.31. The SMILES string of the molecule is CC1(C)CC(=O)N(CCCN2CCNCC2)C1=O. The summed E-state index contributed by atoms with van der Waals surface area (Å²) in [5.74, 6) is -0.0156. The van der Waals surface area contributed by atoms with Crippen LogP contribution in [0, 0.1) is 5.41 Å². The van der Waals surface area contributed by atoms with Crippen LogP contribution in [0.3, 0.4) is 0 Å². The van der Waals surface area contributed by atoms with E-state index in [1.54, 1.807) is 0 Å². The molecule has 2 saturated heterocycles. The molecule has 5 nitrogen and oxygen atoms in total. The number of carbonyl (C=O) groups is 2. The fraction of sp³-hybridized carbons (Fsp3) is 0.846. The molecule has 5 heteroatoms. The van der Waals surface area contributed by atoms with E-state index in [0.717, 1.165) is 39.1 Å². The lowest BCUT2D eigenvalue weighted by Gasteiger charge is -2.27. The van der Waals surface area contributed by atoms with Crippen molar-refractivity contribution >= 4 is 11.8 Å². The fourth-order valence-electron chi connectivity index (χ4n) is 2.64. The molecular formula is C13H23N3O2. The van der Waals surface area contributed by atoms with Gasteiger partial charge in [-0.2, -0.15) is 0 Å². The molecule has 2 aliphatic rings. The Morgan fingerprint density at radius 1 is 1.17 bits per heavy atom. The van der Waals surface area contributed by atoms with Crippen molar-refractivity contribution in [1.82, 2.24) is 15.1 Å². The van der Waals surface area contributed by atoms with E-state index in [2.05, 4.69) is 10.2 Å². The number of hydrogen-bond acceptors (Lipinski definition) is 4. The van der Waals surface area contributed by atoms with Gasteiger partial charge in [-0.1, -0.05) is 13.8 Å². The number of imide groups is 1. The van der Waals surface area contributed by atoms with E-state index in [4.69, 9.17) is 0 Å². The summed E-state index contributed by atoms with van der Waals surface area (Å²) < 4.78 is 0. The first-order valence-electron chi connectivity index (χ1n) is 6.78. The topological polar surface area (TPSA) is 52.7 Å². The molecule has 102 valence electrons. The van der Waals surface area contributed by atoms with Gasteiger partial charge in [0, 0.05) is 39.1 Å². The van der Waals surface area contributed by atoms with E-state index < -0.39 is 5.41 Å². The quantitative estimate of drug-likeness (QED) is 0.720. The van der Waals surface area contributed by atoms with Crippen molar-refractivity contribution in [1.29, 1.82) is 0 Å². The molecule has 2 heterocycles. The maximum Gasteiger partial charge on any atom is 0.235 e. The Labute approximate surface area is 108 Å². The van der Waals surface area contributed by atoms with Gasteiger partial charge in [-0.3, -0.25) is 14.5 Å². The second-order valence-corrected chi connectivity index (χ2v) is 5.86. The molecule has 2 fully saturated rings. The van der Waals surface area contributed by atoms with Crippen LogP contribution in [-0.2, 0) is 9.59 Å². The molecule has 0 atom stereocenters. The van der Waals surface area contributed by atoms with Crippen molar-refractivity contribution < 1.29 is 9.59 Å². The van der Waals surface area contributed by atoms with Crippen LogP contribution in [0.5, 0.6) is 0 Å². The number of hydrogen-bond donors (Lipinski definition) is 1. The van der Waals surface area contributed by atoms with Crippen molar-refractivity contribution in [2.24, 2.45) is 5.41 Å². The third kappa shape index (κ3) is 2.90. The highest BCUT2D eigenvalue weighted by atomic mass is 16.2. The van der Waals surface area contributed by atoms with Gasteiger partial charge in [-0.15, -0.1) is 0 Å². The van der Waals surface area contributed by atoms with Gasteiger partial charge in [0.1, 0.15) is 0 Å². The monoisotopic (exact) mass is 253 g/mol. The summed E-state index contributed by atoms with van der Waals surface area (Å²) in [6.07, 6.45) is 1.24. The molecule has 0 aromatic rings. The Morgan fingerprint density at radius 2 is 1.83 bits per heavy atom. The van der Waals surface area contributed by atoms with Crippen LogP contribution < -0.4 is 5.32 Å². The molecule has 18 heavy (non-hydrogen) atoms. The van der Waals surface area contributed by atoms with Gasteiger partial charge in [0.15, 0.2) is 0 Å². The van der Waals surface area contributed by atoms with Gasteiger partial charge in [0.25, 0.3) is 0 Å². The van der Waals surface area contributed by atoms with Gasteiger partial charge in [-0.05, 0) is 13.0 Å². The number of likely N-dealkylation sites (tertiary alicyclic amines) is 1. The van der Waals surface area contributed by atoms with Crippen LogP contribution in [0.2, 0.25) is 0 Å². The summed E-state index contributed by atoms with van der Waals surface area (Å²) in [7, 11) is 0. The van der Waals surface area contributed by atoms with Crippen molar-refractivity contribution in [3.8, 4) is 0 Å². The lowest BCUT2D eigenvalue weighted by atomic mass is 9.92. The van der Waals surface area contributed by atoms with E-state index in [0.29, 0.717) is 13.0 Å². The molecule has 0 unspecified atom stereocenters. The molecule has 2 aliphatic heterocycles. The van der Waals surface area contributed by atoms with Crippen LogP contribution in [0.4, 0.5) is 0 Å². The number of amides is 2. The Morgan fingerprint density at radius 3 is 2.39 bits per heavy atom. The molecule has 0 spiro atoms. The third-order valence-corrected chi connectivity index (χ3v) is 3.78. The van der Waals surface area contributed by atoms with Crippen LogP contribution in [-0.4, -0.2) is 60.9 Å². The maximum absolute atomic E-state index is 12.0. The van der Waals surface area contributed by atoms with Gasteiger partial charge in [0.2, 0.25) is 11.8 Å². The smallest absolute Gasteiger partial charge is 0.235 e. The second kappa shape index (κ2) is 5.36. The summed E-state index contributed by atoms with van der Waals surface area (Å²) in [6.45, 7) is 9.45. The van der Waals surface area contributed by atoms with Crippen molar-refractivity contribution in [3.05, 3.63) is 0 Å². The molecule has 0 bridgehead atoms. The first kappa shape index (κ1) is 13.5. The standard InChI is InChI=1S/C13H23N3O2/c1-13(2)10-11(17)16(12(13)18)7-3-6-15-8-4-14-5-9-15/h14H,3-10H2,1-2H3. The fourth-order valence-corrected chi connectivity index (χ4v) is 2.64. The lowest BCUT2D eigenvalue weighted by molar-refractivity contribution is -0.140. The first-order valence-corrected chi connectivity index (χ1v) is 6.78. The van der Waals surface area contributed by atoms with Crippen molar-refractivity contribution in [3.63, 3.8) is 0 Å². The van der Waals surface area contributed by atoms with E-state index in [1.165, 1.54) is 4.90 Å². The molecule has 2 rings (SSSR count). The Bertz CT molecular complexity index is 335. The van der Waals surface area contributed by atoms with Crippen molar-refractivity contribution in [2.45, 2.75) is 26.7 Å². The Balaban J connectivity index is 1.76. The van der Waals surface area contributed by atoms with E-state index in [1.807, 2.05) is 13.8 Å². The van der Waals surface area contributed by atoms with Crippen LogP contribution >= 0.6 is 0 Å². The van der Waals surface area contributed by atoms with Crippen LogP contribution in [0.1, 0.15) is 26.7 Å². The predicted octanol–water partition coefficient (Wildman–Crippen LogP) is 0.0668. The zero-order chi connectivity index (χ0) is 13.2. The number of piperazine rings is 1. The van der Waals surface area contributed by atoms with E-state index in [9.17, 15) is 9.59 Å². The zero-order valence-corrected chi connectivity index (χ0v) is 11.4. The van der Waals surface area contributed by atoms with Crippen LogP contribution in [0.15, 0.2) is 0 Å². The molecule has 0 aliphatic carbocycles. The molecule has 0 saturated carbocycles. The minimum atomic E-state index is -0.494. The third-order valence-electron chi connectivity index (χ3n) is 3.78. The van der Waals surface area contributed by atoms with Gasteiger partial charge in [-0.25, -0.2) is 0 Å². The average Bonchev–Trinajstić information content (AvgIpc) is 2.52. The molecule has 1 N–H and O–H groups in total. The summed E-state index contributed by atoms with van der Waals surface area (Å²) >= 11 is 0. The summed E-state index contributed by atoms with van der Waals surface area (Å²) in [4.78, 5) is 27.6. The summed E-state index contributed by atoms with van der Waals surface area (Å²) in [5.41, 5.74) is -0.494. The highest BCUT2D eigenvalue weighted by Gasteiger charge is 2.44. The van der Waals surface area contributed by atoms with E-state index in [-0.39, 0.29) is 11.8 Å². The van der Waals surface area contributed by atoms with Gasteiger partial charge >= 0.3 is 0 Å². The number of nitrogens with zero attached hydrogens (tertiary/aromatic N) is 2.